The summed E-state index contributed by atoms with van der Waals surface area (Å²) in [6.45, 7) is 8.85. The maximum absolute atomic E-state index is 12.6. The molecule has 4 heteroatoms. The Morgan fingerprint density at radius 2 is 1.90 bits per heavy atom. The third-order valence-electron chi connectivity index (χ3n) is 4.17. The molecule has 0 radical (unpaired) electrons. The first-order chi connectivity index (χ1) is 9.54. The topological polar surface area (TPSA) is 47.3 Å². The van der Waals surface area contributed by atoms with E-state index < -0.39 is 0 Å². The van der Waals surface area contributed by atoms with Gasteiger partial charge in [0.05, 0.1) is 12.1 Å². The fourth-order valence-electron chi connectivity index (χ4n) is 2.55. The second-order valence-electron chi connectivity index (χ2n) is 5.38. The lowest BCUT2D eigenvalue weighted by atomic mass is 10.0. The van der Waals surface area contributed by atoms with Crippen LogP contribution in [0, 0.1) is 25.2 Å². The molecular formula is C16H21N3O. The summed E-state index contributed by atoms with van der Waals surface area (Å²) in [6.07, 6.45) is 0. The van der Waals surface area contributed by atoms with Crippen LogP contribution in [0.25, 0.3) is 0 Å². The van der Waals surface area contributed by atoms with Crippen molar-refractivity contribution < 1.29 is 4.79 Å². The summed E-state index contributed by atoms with van der Waals surface area (Å²) in [6, 6.07) is 8.03. The molecule has 0 spiro atoms. The maximum Gasteiger partial charge on any atom is 0.254 e. The van der Waals surface area contributed by atoms with Crippen LogP contribution in [0.1, 0.15) is 28.4 Å². The van der Waals surface area contributed by atoms with Crippen molar-refractivity contribution in [2.24, 2.45) is 0 Å². The smallest absolute Gasteiger partial charge is 0.254 e. The largest absolute Gasteiger partial charge is 0.336 e. The van der Waals surface area contributed by atoms with Gasteiger partial charge in [0.1, 0.15) is 0 Å². The molecule has 0 saturated carbocycles. The van der Waals surface area contributed by atoms with Gasteiger partial charge < -0.3 is 4.90 Å². The molecule has 1 atom stereocenters. The SMILES string of the molecule is Cc1cccc(C(=O)N2CCN(C(C)C#N)CC2)c1C. The molecule has 1 aromatic carbocycles. The number of amides is 1. The number of hydrogen-bond acceptors (Lipinski definition) is 3. The van der Waals surface area contributed by atoms with Crippen molar-refractivity contribution in [1.29, 1.82) is 5.26 Å². The molecule has 106 valence electrons. The molecule has 1 aromatic rings. The number of carbonyl (C=O) groups excluding carboxylic acids is 1. The third kappa shape index (κ3) is 2.83. The van der Waals surface area contributed by atoms with Crippen molar-refractivity contribution in [1.82, 2.24) is 9.80 Å². The number of carbonyl (C=O) groups is 1. The Balaban J connectivity index is 2.06. The van der Waals surface area contributed by atoms with Crippen molar-refractivity contribution in [3.63, 3.8) is 0 Å². The average Bonchev–Trinajstić information content (AvgIpc) is 2.48. The minimum Gasteiger partial charge on any atom is -0.336 e. The fourth-order valence-corrected chi connectivity index (χ4v) is 2.55. The Morgan fingerprint density at radius 1 is 1.25 bits per heavy atom. The Labute approximate surface area is 120 Å². The number of nitrogens with zero attached hydrogens (tertiary/aromatic N) is 3. The van der Waals surface area contributed by atoms with Crippen molar-refractivity contribution in [3.05, 3.63) is 34.9 Å². The van der Waals surface area contributed by atoms with Gasteiger partial charge in [-0.05, 0) is 38.0 Å². The molecule has 0 aromatic heterocycles. The summed E-state index contributed by atoms with van der Waals surface area (Å²) in [5.74, 6) is 0.107. The number of piperazine rings is 1. The van der Waals surface area contributed by atoms with Crippen LogP contribution >= 0.6 is 0 Å². The molecule has 1 aliphatic heterocycles. The lowest BCUT2D eigenvalue weighted by Gasteiger charge is -2.36. The molecular weight excluding hydrogens is 250 g/mol. The molecule has 2 rings (SSSR count). The number of rotatable bonds is 2. The molecule has 1 unspecified atom stereocenters. The highest BCUT2D eigenvalue weighted by Gasteiger charge is 2.25. The lowest BCUT2D eigenvalue weighted by molar-refractivity contribution is 0.0615. The summed E-state index contributed by atoms with van der Waals surface area (Å²) in [5, 5.41) is 8.93. The zero-order valence-electron chi connectivity index (χ0n) is 12.4. The highest BCUT2D eigenvalue weighted by Crippen LogP contribution is 2.16. The van der Waals surface area contributed by atoms with Crippen LogP contribution in [-0.2, 0) is 0 Å². The third-order valence-corrected chi connectivity index (χ3v) is 4.17. The number of hydrogen-bond donors (Lipinski definition) is 0. The van der Waals surface area contributed by atoms with Gasteiger partial charge in [0.25, 0.3) is 5.91 Å². The second-order valence-corrected chi connectivity index (χ2v) is 5.38. The van der Waals surface area contributed by atoms with Gasteiger partial charge >= 0.3 is 0 Å². The van der Waals surface area contributed by atoms with Gasteiger partial charge in [0.2, 0.25) is 0 Å². The normalized spacial score (nSPS) is 17.6. The molecule has 4 nitrogen and oxygen atoms in total. The summed E-state index contributed by atoms with van der Waals surface area (Å²) in [7, 11) is 0. The van der Waals surface area contributed by atoms with Crippen LogP contribution < -0.4 is 0 Å². The van der Waals surface area contributed by atoms with Crippen LogP contribution in [0.2, 0.25) is 0 Å². The Morgan fingerprint density at radius 3 is 2.50 bits per heavy atom. The van der Waals surface area contributed by atoms with Gasteiger partial charge in [0.15, 0.2) is 0 Å². The summed E-state index contributed by atoms with van der Waals surface area (Å²) in [4.78, 5) is 16.6. The van der Waals surface area contributed by atoms with E-state index in [0.29, 0.717) is 13.1 Å². The van der Waals surface area contributed by atoms with Crippen LogP contribution in [0.4, 0.5) is 0 Å². The summed E-state index contributed by atoms with van der Waals surface area (Å²) in [5.41, 5.74) is 3.00. The van der Waals surface area contributed by atoms with E-state index >= 15 is 0 Å². The standard InChI is InChI=1S/C16H21N3O/c1-12-5-4-6-15(14(12)3)16(20)19-9-7-18(8-10-19)13(2)11-17/h4-6,13H,7-10H2,1-3H3. The monoisotopic (exact) mass is 271 g/mol. The first-order valence-corrected chi connectivity index (χ1v) is 7.03. The van der Waals surface area contributed by atoms with Gasteiger partial charge in [-0.1, -0.05) is 12.1 Å². The Bertz CT molecular complexity index is 539. The summed E-state index contributed by atoms with van der Waals surface area (Å²) < 4.78 is 0. The first-order valence-electron chi connectivity index (χ1n) is 7.03. The highest BCUT2D eigenvalue weighted by molar-refractivity contribution is 5.96. The Hall–Kier alpha value is -1.86. The molecule has 0 aliphatic carbocycles. The lowest BCUT2D eigenvalue weighted by Crippen LogP contribution is -2.51. The van der Waals surface area contributed by atoms with E-state index in [1.807, 2.05) is 43.9 Å². The van der Waals surface area contributed by atoms with E-state index in [1.165, 1.54) is 0 Å². The van der Waals surface area contributed by atoms with Gasteiger partial charge in [-0.2, -0.15) is 5.26 Å². The van der Waals surface area contributed by atoms with Crippen LogP contribution in [0.5, 0.6) is 0 Å². The molecule has 1 heterocycles. The zero-order chi connectivity index (χ0) is 14.7. The van der Waals surface area contributed by atoms with Crippen LogP contribution in [-0.4, -0.2) is 47.9 Å². The van der Waals surface area contributed by atoms with E-state index in [0.717, 1.165) is 29.8 Å². The molecule has 0 N–H and O–H groups in total. The molecule has 0 bridgehead atoms. The number of benzene rings is 1. The quantitative estimate of drug-likeness (QED) is 0.826. The highest BCUT2D eigenvalue weighted by atomic mass is 16.2. The maximum atomic E-state index is 12.6. The van der Waals surface area contributed by atoms with Gasteiger partial charge in [-0.15, -0.1) is 0 Å². The number of aryl methyl sites for hydroxylation is 1. The van der Waals surface area contributed by atoms with Gasteiger partial charge in [-0.25, -0.2) is 0 Å². The number of nitriles is 1. The predicted octanol–water partition coefficient (Wildman–Crippen LogP) is 1.97. The molecule has 20 heavy (non-hydrogen) atoms. The van der Waals surface area contributed by atoms with Crippen LogP contribution in [0.15, 0.2) is 18.2 Å². The van der Waals surface area contributed by atoms with Gasteiger partial charge in [0, 0.05) is 31.7 Å². The Kier molecular flexibility index (Phi) is 4.41. The van der Waals surface area contributed by atoms with E-state index in [2.05, 4.69) is 11.0 Å². The minimum absolute atomic E-state index is 0.0760. The molecule has 1 saturated heterocycles. The van der Waals surface area contributed by atoms with Crippen molar-refractivity contribution in [2.45, 2.75) is 26.8 Å². The average molecular weight is 271 g/mol. The first kappa shape index (κ1) is 14.5. The predicted molar refractivity (Wildman–Crippen MR) is 78.5 cm³/mol. The van der Waals surface area contributed by atoms with Gasteiger partial charge in [-0.3, -0.25) is 9.69 Å². The molecule has 1 fully saturated rings. The second kappa shape index (κ2) is 6.06. The van der Waals surface area contributed by atoms with Crippen molar-refractivity contribution in [2.75, 3.05) is 26.2 Å². The minimum atomic E-state index is -0.0760. The van der Waals surface area contributed by atoms with Crippen molar-refractivity contribution >= 4 is 5.91 Å². The van der Waals surface area contributed by atoms with Crippen LogP contribution in [0.3, 0.4) is 0 Å². The van der Waals surface area contributed by atoms with E-state index in [9.17, 15) is 4.79 Å². The molecule has 1 aliphatic rings. The van der Waals surface area contributed by atoms with E-state index in [4.69, 9.17) is 5.26 Å². The fraction of sp³-hybridized carbons (Fsp3) is 0.500. The van der Waals surface area contributed by atoms with E-state index in [-0.39, 0.29) is 11.9 Å². The zero-order valence-corrected chi connectivity index (χ0v) is 12.4. The van der Waals surface area contributed by atoms with Crippen molar-refractivity contribution in [3.8, 4) is 6.07 Å². The van der Waals surface area contributed by atoms with E-state index in [1.54, 1.807) is 0 Å². The molecule has 1 amide bonds. The summed E-state index contributed by atoms with van der Waals surface area (Å²) >= 11 is 0.